The van der Waals surface area contributed by atoms with Gasteiger partial charge in [0.05, 0.1) is 5.75 Å². The van der Waals surface area contributed by atoms with Crippen molar-refractivity contribution < 1.29 is 44.0 Å². The smallest absolute Gasteiger partial charge is 1.00 e. The minimum Gasteiger partial charge on any atom is -1.00 e. The van der Waals surface area contributed by atoms with Crippen LogP contribution < -0.4 is 34.5 Å². The van der Waals surface area contributed by atoms with Crippen LogP contribution in [0.2, 0.25) is 0 Å². The van der Waals surface area contributed by atoms with E-state index >= 15 is 0 Å². The van der Waals surface area contributed by atoms with E-state index in [1.54, 1.807) is 0 Å². The van der Waals surface area contributed by atoms with Gasteiger partial charge in [0.15, 0.2) is 0 Å². The number of anilines is 1. The molecule has 176 valence electrons. The Hall–Kier alpha value is -0.110. The first-order valence-corrected chi connectivity index (χ1v) is 13.1. The molecule has 1 N–H and O–H groups in total. The topological polar surface area (TPSA) is 57.6 Å². The summed E-state index contributed by atoms with van der Waals surface area (Å²) in [4.78, 5) is 2.61. The summed E-state index contributed by atoms with van der Waals surface area (Å²) in [5, 5.41) is 2.72. The first-order valence-electron chi connectivity index (χ1n) is 11.5. The maximum Gasteiger partial charge on any atom is 1.00 e. The fourth-order valence-electron chi connectivity index (χ4n) is 4.93. The number of hydrogen-bond acceptors (Lipinski definition) is 3. The Morgan fingerprint density at radius 1 is 0.938 bits per heavy atom. The van der Waals surface area contributed by atoms with Crippen molar-refractivity contribution in [2.24, 2.45) is 0 Å². The monoisotopic (exact) mass is 535 g/mol. The number of rotatable bonds is 11. The molecule has 0 saturated carbocycles. The number of halogens is 1. The molecule has 2 aromatic carbocycles. The third-order valence-corrected chi connectivity index (χ3v) is 7.73. The maximum atomic E-state index is 10.7. The number of nitrogens with zero attached hydrogens (tertiary/aromatic N) is 1. The molecule has 4 nitrogen and oxygen atoms in total. The fraction of sp³-hybridized carbons (Fsp3) is 0.600. The van der Waals surface area contributed by atoms with Gasteiger partial charge in [-0.15, -0.1) is 17.0 Å². The summed E-state index contributed by atoms with van der Waals surface area (Å²) in [5.74, 6) is -0.103. The molecule has 1 heterocycles. The average molecular weight is 537 g/mol. The maximum absolute atomic E-state index is 10.7. The van der Waals surface area contributed by atoms with Gasteiger partial charge < -0.3 is 6.33 Å². The summed E-state index contributed by atoms with van der Waals surface area (Å²) < 4.78 is 30.1. The molecule has 32 heavy (non-hydrogen) atoms. The Balaban J connectivity index is 0.00000341. The molecule has 2 aromatic rings. The minimum atomic E-state index is -3.79. The van der Waals surface area contributed by atoms with Crippen molar-refractivity contribution in [3.05, 3.63) is 42.0 Å². The zero-order valence-electron chi connectivity index (χ0n) is 21.1. The molecule has 0 radical (unpaired) electrons. The summed E-state index contributed by atoms with van der Waals surface area (Å²) in [6.45, 7) is 8.22. The Bertz CT molecular complexity index is 971. The molecule has 1 atom stereocenters. The third-order valence-electron chi connectivity index (χ3n) is 6.92. The van der Waals surface area contributed by atoms with Gasteiger partial charge in [-0.3, -0.25) is 4.55 Å². The molecule has 0 spiro atoms. The van der Waals surface area contributed by atoms with Crippen LogP contribution in [0, 0.1) is 0 Å². The Labute approximate surface area is 228 Å². The second-order valence-corrected chi connectivity index (χ2v) is 11.0. The van der Waals surface area contributed by atoms with Crippen LogP contribution in [-0.2, 0) is 15.5 Å². The predicted molar refractivity (Wildman–Crippen MR) is 139 cm³/mol. The molecule has 0 amide bonds. The molecule has 1 aliphatic heterocycles. The molecule has 0 bridgehead atoms. The second kappa shape index (κ2) is 13.1. The van der Waals surface area contributed by atoms with Crippen molar-refractivity contribution in [2.45, 2.75) is 83.6 Å². The Kier molecular flexibility index (Phi) is 12.3. The van der Waals surface area contributed by atoms with E-state index in [2.05, 4.69) is 62.1 Å². The van der Waals surface area contributed by atoms with E-state index in [1.807, 2.05) is 0 Å². The van der Waals surface area contributed by atoms with Gasteiger partial charge in [0.2, 0.25) is 0 Å². The van der Waals surface area contributed by atoms with Gasteiger partial charge in [-0.2, -0.15) is 8.42 Å². The molecule has 0 fully saturated rings. The molecule has 0 saturated heterocycles. The summed E-state index contributed by atoms with van der Waals surface area (Å²) in [5.41, 5.74) is 3.04. The first-order chi connectivity index (χ1) is 14.2. The quantitative estimate of drug-likeness (QED) is 0.268. The fourth-order valence-corrected chi connectivity index (χ4v) is 5.49. The molecule has 3 rings (SSSR count). The molecule has 0 aromatic heterocycles. The summed E-state index contributed by atoms with van der Waals surface area (Å²) in [6, 6.07) is 13.8. The van der Waals surface area contributed by atoms with Crippen molar-refractivity contribution in [1.82, 2.24) is 0 Å². The first kappa shape index (κ1) is 29.9. The van der Waals surface area contributed by atoms with Crippen LogP contribution in [0.4, 0.5) is 5.69 Å². The molecule has 7 heteroatoms. The third kappa shape index (κ3) is 7.44. The van der Waals surface area contributed by atoms with Crippen LogP contribution in [0.25, 0.3) is 10.8 Å². The number of unbranched alkanes of at least 4 members (excludes halogenated alkanes) is 7. The normalized spacial score (nSPS) is 17.0. The summed E-state index contributed by atoms with van der Waals surface area (Å²) in [6.07, 6.45) is 8.51. The van der Waals surface area contributed by atoms with Crippen LogP contribution in [0.5, 0.6) is 0 Å². The van der Waals surface area contributed by atoms with Crippen molar-refractivity contribution in [1.29, 1.82) is 0 Å². The minimum absolute atomic E-state index is 0. The SMILES string of the molecule is Br.CC1N(CCCCCCCCCCS(=O)(=O)O)c2ccc3ccccc3c2C1(C)C.[H-].[Na+]. The van der Waals surface area contributed by atoms with Gasteiger partial charge in [-0.1, -0.05) is 82.7 Å². The van der Waals surface area contributed by atoms with Crippen LogP contribution in [-0.4, -0.2) is 31.3 Å². The van der Waals surface area contributed by atoms with Gasteiger partial charge in [0, 0.05) is 23.7 Å². The zero-order chi connectivity index (χ0) is 21.8. The van der Waals surface area contributed by atoms with Gasteiger partial charge in [0.1, 0.15) is 0 Å². The van der Waals surface area contributed by atoms with Gasteiger partial charge in [0.25, 0.3) is 10.1 Å². The molecular formula is C25H39BrNNaO3S. The van der Waals surface area contributed by atoms with E-state index in [1.165, 1.54) is 47.7 Å². The van der Waals surface area contributed by atoms with Gasteiger partial charge in [-0.05, 0) is 42.2 Å². The standard InChI is InChI=1S/C25H37NO3S.BrH.Na.H/c1-20-25(2,3)24-22-15-11-10-14-21(22)16-17-23(24)26(20)18-12-8-6-4-5-7-9-13-19-30(27,28)29;;;/h10-11,14-17,20H,4-9,12-13,18-19H2,1-3H3,(H,27,28,29);1H;;/q;;+1;-1. The average Bonchev–Trinajstić information content (AvgIpc) is 2.89. The van der Waals surface area contributed by atoms with Crippen LogP contribution >= 0.6 is 17.0 Å². The summed E-state index contributed by atoms with van der Waals surface area (Å²) in [7, 11) is -3.79. The largest absolute Gasteiger partial charge is 1.00 e. The van der Waals surface area contributed by atoms with Crippen molar-refractivity contribution in [3.63, 3.8) is 0 Å². The molecule has 1 aliphatic rings. The van der Waals surface area contributed by atoms with E-state index < -0.39 is 10.1 Å². The van der Waals surface area contributed by atoms with E-state index in [-0.39, 0.29) is 59.1 Å². The van der Waals surface area contributed by atoms with E-state index in [0.717, 1.165) is 25.8 Å². The zero-order valence-corrected chi connectivity index (χ0v) is 24.7. The molecule has 0 aliphatic carbocycles. The Morgan fingerprint density at radius 2 is 1.50 bits per heavy atom. The predicted octanol–water partition coefficient (Wildman–Crippen LogP) is 4.03. The molecular weight excluding hydrogens is 497 g/mol. The molecule has 1 unspecified atom stereocenters. The van der Waals surface area contributed by atoms with E-state index in [9.17, 15) is 8.42 Å². The van der Waals surface area contributed by atoms with Gasteiger partial charge in [-0.25, -0.2) is 0 Å². The second-order valence-electron chi connectivity index (χ2n) is 9.39. The number of benzene rings is 2. The number of hydrogen-bond donors (Lipinski definition) is 1. The van der Waals surface area contributed by atoms with E-state index in [4.69, 9.17) is 4.55 Å². The van der Waals surface area contributed by atoms with Crippen molar-refractivity contribution >= 4 is 43.6 Å². The number of fused-ring (bicyclic) bond motifs is 3. The van der Waals surface area contributed by atoms with Crippen molar-refractivity contribution in [2.75, 3.05) is 17.2 Å². The van der Waals surface area contributed by atoms with E-state index in [0.29, 0.717) is 12.5 Å². The van der Waals surface area contributed by atoms with Crippen LogP contribution in [0.3, 0.4) is 0 Å². The van der Waals surface area contributed by atoms with Crippen molar-refractivity contribution in [3.8, 4) is 0 Å². The summed E-state index contributed by atoms with van der Waals surface area (Å²) >= 11 is 0. The Morgan fingerprint density at radius 3 is 2.12 bits per heavy atom. The van der Waals surface area contributed by atoms with Crippen LogP contribution in [0.1, 0.15) is 79.1 Å². The van der Waals surface area contributed by atoms with Gasteiger partial charge >= 0.3 is 29.6 Å². The van der Waals surface area contributed by atoms with Crippen LogP contribution in [0.15, 0.2) is 36.4 Å².